The van der Waals surface area contributed by atoms with Gasteiger partial charge < -0.3 is 5.32 Å². The molecule has 0 aliphatic heterocycles. The zero-order valence-electron chi connectivity index (χ0n) is 12.6. The summed E-state index contributed by atoms with van der Waals surface area (Å²) in [5.74, 6) is 1.75. The lowest BCUT2D eigenvalue weighted by atomic mass is 10.1. The predicted octanol–water partition coefficient (Wildman–Crippen LogP) is 4.74. The van der Waals surface area contributed by atoms with Crippen molar-refractivity contribution in [1.29, 1.82) is 0 Å². The number of aryl methyl sites for hydroxylation is 2. The Bertz CT molecular complexity index is 749. The predicted molar refractivity (Wildman–Crippen MR) is 90.0 cm³/mol. The highest BCUT2D eigenvalue weighted by molar-refractivity contribution is 7.18. The van der Waals surface area contributed by atoms with Gasteiger partial charge in [0.15, 0.2) is 0 Å². The molecule has 4 heteroatoms. The molecule has 3 aromatic rings. The molecular weight excluding hydrogens is 278 g/mol. The van der Waals surface area contributed by atoms with Crippen LogP contribution in [0.5, 0.6) is 0 Å². The second-order valence-electron chi connectivity index (χ2n) is 5.18. The maximum atomic E-state index is 4.60. The molecule has 3 rings (SSSR count). The quantitative estimate of drug-likeness (QED) is 0.756. The summed E-state index contributed by atoms with van der Waals surface area (Å²) < 4.78 is 0. The van der Waals surface area contributed by atoms with Crippen LogP contribution >= 0.6 is 11.3 Å². The minimum absolute atomic E-state index is 0.216. The van der Waals surface area contributed by atoms with Crippen LogP contribution in [0.25, 0.3) is 10.2 Å². The average Bonchev–Trinajstić information content (AvgIpc) is 2.91. The first kappa shape index (κ1) is 14.0. The van der Waals surface area contributed by atoms with Crippen LogP contribution in [0, 0.1) is 6.92 Å². The second kappa shape index (κ2) is 5.82. The number of anilines is 1. The zero-order valence-corrected chi connectivity index (χ0v) is 13.4. The standard InChI is InChI=1S/C17H19N3S/c1-4-14-10-15-16(19-12(3)20-17(15)21-14)18-11(2)13-8-6-5-7-9-13/h5-11H,4H2,1-3H3,(H,18,19,20). The number of hydrogen-bond donors (Lipinski definition) is 1. The maximum Gasteiger partial charge on any atom is 0.138 e. The molecule has 21 heavy (non-hydrogen) atoms. The van der Waals surface area contributed by atoms with Crippen molar-refractivity contribution >= 4 is 27.4 Å². The number of nitrogens with zero attached hydrogens (tertiary/aromatic N) is 2. The summed E-state index contributed by atoms with van der Waals surface area (Å²) in [5, 5.41) is 4.66. The van der Waals surface area contributed by atoms with Gasteiger partial charge in [-0.05, 0) is 31.9 Å². The molecule has 0 aliphatic rings. The van der Waals surface area contributed by atoms with E-state index in [-0.39, 0.29) is 6.04 Å². The summed E-state index contributed by atoms with van der Waals surface area (Å²) in [7, 11) is 0. The first-order chi connectivity index (χ1) is 10.2. The van der Waals surface area contributed by atoms with Gasteiger partial charge in [0.1, 0.15) is 16.5 Å². The lowest BCUT2D eigenvalue weighted by molar-refractivity contribution is 0.872. The Morgan fingerprint density at radius 3 is 2.67 bits per heavy atom. The van der Waals surface area contributed by atoms with E-state index < -0.39 is 0 Å². The van der Waals surface area contributed by atoms with Crippen LogP contribution in [0.1, 0.15) is 36.2 Å². The van der Waals surface area contributed by atoms with Gasteiger partial charge in [-0.3, -0.25) is 0 Å². The number of benzene rings is 1. The Labute approximate surface area is 129 Å². The Morgan fingerprint density at radius 1 is 1.19 bits per heavy atom. The van der Waals surface area contributed by atoms with E-state index in [9.17, 15) is 0 Å². The zero-order chi connectivity index (χ0) is 14.8. The highest BCUT2D eigenvalue weighted by atomic mass is 32.1. The van der Waals surface area contributed by atoms with Gasteiger partial charge in [0.25, 0.3) is 0 Å². The first-order valence-electron chi connectivity index (χ1n) is 7.26. The summed E-state index contributed by atoms with van der Waals surface area (Å²) in [5.41, 5.74) is 1.26. The van der Waals surface area contributed by atoms with Crippen LogP contribution in [0.4, 0.5) is 5.82 Å². The van der Waals surface area contributed by atoms with E-state index in [1.54, 1.807) is 11.3 Å². The third-order valence-electron chi connectivity index (χ3n) is 3.56. The Kier molecular flexibility index (Phi) is 3.88. The van der Waals surface area contributed by atoms with Gasteiger partial charge in [-0.2, -0.15) is 0 Å². The van der Waals surface area contributed by atoms with Crippen molar-refractivity contribution in [3.8, 4) is 0 Å². The molecule has 0 amide bonds. The van der Waals surface area contributed by atoms with Crippen molar-refractivity contribution in [2.24, 2.45) is 0 Å². The summed E-state index contributed by atoms with van der Waals surface area (Å²) in [6.07, 6.45) is 1.04. The molecule has 2 heterocycles. The highest BCUT2D eigenvalue weighted by Gasteiger charge is 2.12. The average molecular weight is 297 g/mol. The molecule has 1 aromatic carbocycles. The molecular formula is C17H19N3S. The van der Waals surface area contributed by atoms with E-state index in [1.165, 1.54) is 10.4 Å². The van der Waals surface area contributed by atoms with E-state index in [1.807, 2.05) is 13.0 Å². The summed E-state index contributed by atoms with van der Waals surface area (Å²) in [4.78, 5) is 11.6. The molecule has 0 spiro atoms. The van der Waals surface area contributed by atoms with Crippen LogP contribution in [0.3, 0.4) is 0 Å². The van der Waals surface area contributed by atoms with Crippen molar-refractivity contribution < 1.29 is 0 Å². The number of thiophene rings is 1. The van der Waals surface area contributed by atoms with Crippen LogP contribution in [0.2, 0.25) is 0 Å². The Morgan fingerprint density at radius 2 is 1.95 bits per heavy atom. The van der Waals surface area contributed by atoms with Crippen molar-refractivity contribution in [1.82, 2.24) is 9.97 Å². The molecule has 1 atom stereocenters. The smallest absolute Gasteiger partial charge is 0.138 e. The van der Waals surface area contributed by atoms with Gasteiger partial charge in [0.2, 0.25) is 0 Å². The van der Waals surface area contributed by atoms with Crippen LogP contribution in [-0.2, 0) is 6.42 Å². The number of fused-ring (bicyclic) bond motifs is 1. The van der Waals surface area contributed by atoms with E-state index in [2.05, 4.69) is 59.5 Å². The van der Waals surface area contributed by atoms with E-state index in [0.717, 1.165) is 28.3 Å². The van der Waals surface area contributed by atoms with Gasteiger partial charge in [0, 0.05) is 10.9 Å². The normalized spacial score (nSPS) is 12.5. The number of hydrogen-bond acceptors (Lipinski definition) is 4. The fraction of sp³-hybridized carbons (Fsp3) is 0.294. The molecule has 108 valence electrons. The van der Waals surface area contributed by atoms with Gasteiger partial charge >= 0.3 is 0 Å². The van der Waals surface area contributed by atoms with Gasteiger partial charge in [-0.1, -0.05) is 37.3 Å². The SMILES string of the molecule is CCc1cc2c(NC(C)c3ccccc3)nc(C)nc2s1. The van der Waals surface area contributed by atoms with Gasteiger partial charge in [-0.15, -0.1) is 11.3 Å². The summed E-state index contributed by atoms with van der Waals surface area (Å²) >= 11 is 1.76. The molecule has 0 aliphatic carbocycles. The minimum Gasteiger partial charge on any atom is -0.363 e. The lowest BCUT2D eigenvalue weighted by Crippen LogP contribution is -2.09. The molecule has 0 radical (unpaired) electrons. The van der Waals surface area contributed by atoms with E-state index in [4.69, 9.17) is 0 Å². The largest absolute Gasteiger partial charge is 0.363 e. The number of nitrogens with one attached hydrogen (secondary N) is 1. The molecule has 0 saturated carbocycles. The van der Waals surface area contributed by atoms with Crippen molar-refractivity contribution in [3.63, 3.8) is 0 Å². The Hall–Kier alpha value is -1.94. The molecule has 3 nitrogen and oxygen atoms in total. The first-order valence-corrected chi connectivity index (χ1v) is 8.07. The molecule has 1 N–H and O–H groups in total. The number of aromatic nitrogens is 2. The topological polar surface area (TPSA) is 37.8 Å². The van der Waals surface area contributed by atoms with E-state index in [0.29, 0.717) is 0 Å². The van der Waals surface area contributed by atoms with Crippen molar-refractivity contribution in [2.75, 3.05) is 5.32 Å². The molecule has 0 bridgehead atoms. The minimum atomic E-state index is 0.216. The third kappa shape index (κ3) is 2.90. The lowest BCUT2D eigenvalue weighted by Gasteiger charge is -2.15. The fourth-order valence-electron chi connectivity index (χ4n) is 2.39. The van der Waals surface area contributed by atoms with E-state index >= 15 is 0 Å². The highest BCUT2D eigenvalue weighted by Crippen LogP contribution is 2.31. The number of rotatable bonds is 4. The van der Waals surface area contributed by atoms with Gasteiger partial charge in [-0.25, -0.2) is 9.97 Å². The van der Waals surface area contributed by atoms with Crippen molar-refractivity contribution in [2.45, 2.75) is 33.2 Å². The Balaban J connectivity index is 1.98. The van der Waals surface area contributed by atoms with Crippen LogP contribution in [-0.4, -0.2) is 9.97 Å². The monoisotopic (exact) mass is 297 g/mol. The van der Waals surface area contributed by atoms with Crippen LogP contribution in [0.15, 0.2) is 36.4 Å². The molecule has 0 saturated heterocycles. The molecule has 2 aromatic heterocycles. The maximum absolute atomic E-state index is 4.60. The van der Waals surface area contributed by atoms with Crippen LogP contribution < -0.4 is 5.32 Å². The third-order valence-corrected chi connectivity index (χ3v) is 4.73. The van der Waals surface area contributed by atoms with Gasteiger partial charge in [0.05, 0.1) is 5.39 Å². The fourth-order valence-corrected chi connectivity index (χ4v) is 3.41. The second-order valence-corrected chi connectivity index (χ2v) is 6.30. The summed E-state index contributed by atoms with van der Waals surface area (Å²) in [6.45, 7) is 6.28. The molecule has 1 unspecified atom stereocenters. The molecule has 0 fully saturated rings. The summed E-state index contributed by atoms with van der Waals surface area (Å²) in [6, 6.07) is 12.9. The van der Waals surface area contributed by atoms with Crippen molar-refractivity contribution in [3.05, 3.63) is 52.7 Å².